The summed E-state index contributed by atoms with van der Waals surface area (Å²) in [5, 5.41) is 8.02. The zero-order chi connectivity index (χ0) is 14.3. The minimum atomic E-state index is 0.341. The predicted octanol–water partition coefficient (Wildman–Crippen LogP) is 3.38. The number of nitrogens with one attached hydrogen (secondary N) is 1. The monoisotopic (exact) mass is 331 g/mol. The van der Waals surface area contributed by atoms with Gasteiger partial charge in [0.15, 0.2) is 0 Å². The zero-order valence-corrected chi connectivity index (χ0v) is 14.0. The molecule has 1 aromatic rings. The van der Waals surface area contributed by atoms with Crippen molar-refractivity contribution in [2.45, 2.75) is 46.2 Å². The largest absolute Gasteiger partial charge is 0.383 e. The topological polar surface area (TPSA) is 39.1 Å². The number of aromatic nitrogens is 2. The Labute approximate surface area is 125 Å². The van der Waals surface area contributed by atoms with E-state index in [0.717, 1.165) is 24.0 Å². The highest BCUT2D eigenvalue weighted by atomic mass is 79.9. The second-order valence-electron chi connectivity index (χ2n) is 4.95. The third kappa shape index (κ3) is 4.89. The average Bonchev–Trinajstić information content (AvgIpc) is 2.76. The Hall–Kier alpha value is -0.390. The highest BCUT2D eigenvalue weighted by molar-refractivity contribution is 9.10. The van der Waals surface area contributed by atoms with Gasteiger partial charge in [-0.1, -0.05) is 27.2 Å². The van der Waals surface area contributed by atoms with E-state index in [1.54, 1.807) is 7.11 Å². The van der Waals surface area contributed by atoms with Gasteiger partial charge in [0.2, 0.25) is 0 Å². The zero-order valence-electron chi connectivity index (χ0n) is 12.4. The number of hydrogen-bond donors (Lipinski definition) is 1. The number of methoxy groups -OCH3 is 1. The van der Waals surface area contributed by atoms with E-state index in [9.17, 15) is 0 Å². The fourth-order valence-corrected chi connectivity index (χ4v) is 2.75. The van der Waals surface area contributed by atoms with Crippen LogP contribution < -0.4 is 5.32 Å². The molecule has 1 heterocycles. The molecule has 4 nitrogen and oxygen atoms in total. The van der Waals surface area contributed by atoms with Crippen molar-refractivity contribution < 1.29 is 4.74 Å². The molecule has 1 aromatic heterocycles. The summed E-state index contributed by atoms with van der Waals surface area (Å²) >= 11 is 3.63. The second-order valence-corrected chi connectivity index (χ2v) is 5.81. The molecule has 5 heteroatoms. The summed E-state index contributed by atoms with van der Waals surface area (Å²) in [7, 11) is 1.72. The lowest BCUT2D eigenvalue weighted by Crippen LogP contribution is -2.26. The summed E-state index contributed by atoms with van der Waals surface area (Å²) in [6.07, 6.45) is 4.21. The van der Waals surface area contributed by atoms with Crippen molar-refractivity contribution in [1.82, 2.24) is 15.1 Å². The first-order valence-corrected chi connectivity index (χ1v) is 7.86. The standard InChI is InChI=1S/C14H26BrN3O/c1-5-11(3)9-13(16-6-2)14-12(15)10-17-18(14)7-8-19-4/h10-11,13,16H,5-9H2,1-4H3. The van der Waals surface area contributed by atoms with E-state index in [0.29, 0.717) is 18.6 Å². The lowest BCUT2D eigenvalue weighted by Gasteiger charge is -2.23. The van der Waals surface area contributed by atoms with Gasteiger partial charge in [-0.15, -0.1) is 0 Å². The Kier molecular flexibility index (Phi) is 7.64. The molecule has 0 aromatic carbocycles. The number of nitrogens with zero attached hydrogens (tertiary/aromatic N) is 2. The molecule has 2 atom stereocenters. The molecule has 110 valence electrons. The molecule has 0 radical (unpaired) electrons. The van der Waals surface area contributed by atoms with Crippen molar-refractivity contribution in [3.05, 3.63) is 16.4 Å². The fraction of sp³-hybridized carbons (Fsp3) is 0.786. The second kappa shape index (κ2) is 8.72. The van der Waals surface area contributed by atoms with Crippen LogP contribution in [0.2, 0.25) is 0 Å². The molecule has 1 N–H and O–H groups in total. The Balaban J connectivity index is 2.89. The van der Waals surface area contributed by atoms with Gasteiger partial charge in [0.05, 0.1) is 35.6 Å². The molecule has 0 saturated carbocycles. The Morgan fingerprint density at radius 1 is 1.47 bits per heavy atom. The summed E-state index contributed by atoms with van der Waals surface area (Å²) in [4.78, 5) is 0. The lowest BCUT2D eigenvalue weighted by molar-refractivity contribution is 0.181. The molecule has 0 spiro atoms. The van der Waals surface area contributed by atoms with Crippen LogP contribution in [0.5, 0.6) is 0 Å². The Morgan fingerprint density at radius 3 is 2.79 bits per heavy atom. The van der Waals surface area contributed by atoms with E-state index in [-0.39, 0.29) is 0 Å². The summed E-state index contributed by atoms with van der Waals surface area (Å²) in [5.74, 6) is 0.696. The van der Waals surface area contributed by atoms with E-state index in [1.807, 2.05) is 10.9 Å². The van der Waals surface area contributed by atoms with Crippen LogP contribution >= 0.6 is 15.9 Å². The van der Waals surface area contributed by atoms with Gasteiger partial charge < -0.3 is 10.1 Å². The van der Waals surface area contributed by atoms with Crippen LogP contribution in [-0.4, -0.2) is 30.0 Å². The van der Waals surface area contributed by atoms with Gasteiger partial charge in [-0.05, 0) is 34.8 Å². The van der Waals surface area contributed by atoms with E-state index < -0.39 is 0 Å². The van der Waals surface area contributed by atoms with Crippen LogP contribution in [0.25, 0.3) is 0 Å². The Bertz CT molecular complexity index is 368. The molecule has 0 aliphatic carbocycles. The van der Waals surface area contributed by atoms with Crippen molar-refractivity contribution >= 4 is 15.9 Å². The van der Waals surface area contributed by atoms with Crippen molar-refractivity contribution in [2.75, 3.05) is 20.3 Å². The molecule has 1 rings (SSSR count). The van der Waals surface area contributed by atoms with Crippen molar-refractivity contribution in [3.8, 4) is 0 Å². The van der Waals surface area contributed by atoms with E-state index in [1.165, 1.54) is 12.1 Å². The number of ether oxygens (including phenoxy) is 1. The molecule has 0 fully saturated rings. The highest BCUT2D eigenvalue weighted by Crippen LogP contribution is 2.29. The van der Waals surface area contributed by atoms with Gasteiger partial charge in [-0.3, -0.25) is 4.68 Å². The summed E-state index contributed by atoms with van der Waals surface area (Å²) < 4.78 is 8.28. The third-order valence-electron chi connectivity index (χ3n) is 3.46. The quantitative estimate of drug-likeness (QED) is 0.753. The molecular weight excluding hydrogens is 306 g/mol. The van der Waals surface area contributed by atoms with Crippen LogP contribution in [0.3, 0.4) is 0 Å². The van der Waals surface area contributed by atoms with Crippen molar-refractivity contribution in [1.29, 1.82) is 0 Å². The van der Waals surface area contributed by atoms with Crippen LogP contribution in [0.1, 0.15) is 45.3 Å². The minimum Gasteiger partial charge on any atom is -0.383 e. The molecule has 0 aliphatic heterocycles. The van der Waals surface area contributed by atoms with Gasteiger partial charge in [0.1, 0.15) is 0 Å². The maximum atomic E-state index is 5.16. The SMILES string of the molecule is CCNC(CC(C)CC)c1c(Br)cnn1CCOC. The first-order chi connectivity index (χ1) is 9.13. The maximum absolute atomic E-state index is 5.16. The number of hydrogen-bond acceptors (Lipinski definition) is 3. The lowest BCUT2D eigenvalue weighted by atomic mass is 9.97. The summed E-state index contributed by atoms with van der Waals surface area (Å²) in [5.41, 5.74) is 1.24. The van der Waals surface area contributed by atoms with Crippen LogP contribution in [-0.2, 0) is 11.3 Å². The van der Waals surface area contributed by atoms with E-state index in [4.69, 9.17) is 4.74 Å². The normalized spacial score (nSPS) is 14.6. The first kappa shape index (κ1) is 16.7. The van der Waals surface area contributed by atoms with Gasteiger partial charge in [0, 0.05) is 7.11 Å². The maximum Gasteiger partial charge on any atom is 0.0696 e. The van der Waals surface area contributed by atoms with E-state index >= 15 is 0 Å². The smallest absolute Gasteiger partial charge is 0.0696 e. The van der Waals surface area contributed by atoms with E-state index in [2.05, 4.69) is 47.1 Å². The average molecular weight is 332 g/mol. The highest BCUT2D eigenvalue weighted by Gasteiger charge is 2.21. The molecule has 0 bridgehead atoms. The van der Waals surface area contributed by atoms with Gasteiger partial charge in [-0.2, -0.15) is 5.10 Å². The molecular formula is C14H26BrN3O. The van der Waals surface area contributed by atoms with Crippen LogP contribution in [0.15, 0.2) is 10.7 Å². The fourth-order valence-electron chi connectivity index (χ4n) is 2.18. The minimum absolute atomic E-state index is 0.341. The summed E-state index contributed by atoms with van der Waals surface area (Å²) in [6.45, 7) is 9.12. The third-order valence-corrected chi connectivity index (χ3v) is 4.07. The molecule has 0 aliphatic rings. The van der Waals surface area contributed by atoms with Gasteiger partial charge in [0.25, 0.3) is 0 Å². The number of rotatable bonds is 9. The van der Waals surface area contributed by atoms with Gasteiger partial charge in [-0.25, -0.2) is 0 Å². The number of halogens is 1. The molecule has 0 amide bonds. The predicted molar refractivity (Wildman–Crippen MR) is 82.3 cm³/mol. The van der Waals surface area contributed by atoms with Crippen molar-refractivity contribution in [2.24, 2.45) is 5.92 Å². The molecule has 0 saturated heterocycles. The van der Waals surface area contributed by atoms with Gasteiger partial charge >= 0.3 is 0 Å². The van der Waals surface area contributed by atoms with Crippen molar-refractivity contribution in [3.63, 3.8) is 0 Å². The van der Waals surface area contributed by atoms with Crippen LogP contribution in [0.4, 0.5) is 0 Å². The Morgan fingerprint density at radius 2 is 2.21 bits per heavy atom. The molecule has 19 heavy (non-hydrogen) atoms. The molecule has 2 unspecified atom stereocenters. The summed E-state index contributed by atoms with van der Waals surface area (Å²) in [6, 6.07) is 0.341. The van der Waals surface area contributed by atoms with Crippen LogP contribution in [0, 0.1) is 5.92 Å². The first-order valence-electron chi connectivity index (χ1n) is 7.07.